The van der Waals surface area contributed by atoms with E-state index < -0.39 is 0 Å². The zero-order chi connectivity index (χ0) is 15.0. The summed E-state index contributed by atoms with van der Waals surface area (Å²) in [5.41, 5.74) is 4.25. The Balaban J connectivity index is 1.75. The molecule has 0 unspecified atom stereocenters. The van der Waals surface area contributed by atoms with Gasteiger partial charge in [0.05, 0.1) is 24.1 Å². The fourth-order valence-corrected chi connectivity index (χ4v) is 2.67. The van der Waals surface area contributed by atoms with Gasteiger partial charge in [-0.3, -0.25) is 15.0 Å². The number of fused-ring (bicyclic) bond motifs is 1. The molecule has 7 nitrogen and oxygen atoms in total. The molecule has 1 amide bonds. The largest absolute Gasteiger partial charge is 0.369 e. The molecule has 21 heavy (non-hydrogen) atoms. The van der Waals surface area contributed by atoms with Crippen molar-refractivity contribution in [3.05, 3.63) is 34.4 Å². The van der Waals surface area contributed by atoms with Gasteiger partial charge < -0.3 is 10.1 Å². The SMILES string of the molecule is Cc1[nH]ncc1CNC(=O)c1n[nH]c2c1C[C@@H](C)O[C@H]2C. The van der Waals surface area contributed by atoms with Gasteiger partial charge in [-0.2, -0.15) is 10.2 Å². The maximum atomic E-state index is 12.3. The number of hydrogen-bond donors (Lipinski definition) is 3. The average Bonchev–Trinajstić information content (AvgIpc) is 3.02. The van der Waals surface area contributed by atoms with E-state index >= 15 is 0 Å². The maximum Gasteiger partial charge on any atom is 0.272 e. The number of ether oxygens (including phenoxy) is 1. The summed E-state index contributed by atoms with van der Waals surface area (Å²) in [4.78, 5) is 12.3. The minimum Gasteiger partial charge on any atom is -0.369 e. The van der Waals surface area contributed by atoms with Crippen molar-refractivity contribution < 1.29 is 9.53 Å². The Labute approximate surface area is 122 Å². The molecule has 0 bridgehead atoms. The van der Waals surface area contributed by atoms with Gasteiger partial charge in [0.1, 0.15) is 0 Å². The summed E-state index contributed by atoms with van der Waals surface area (Å²) in [5.74, 6) is -0.172. The van der Waals surface area contributed by atoms with Crippen LogP contribution in [0.5, 0.6) is 0 Å². The molecule has 2 aromatic heterocycles. The molecule has 0 fully saturated rings. The number of amides is 1. The van der Waals surface area contributed by atoms with E-state index in [9.17, 15) is 4.79 Å². The molecular formula is C14H19N5O2. The minimum atomic E-state index is -0.172. The van der Waals surface area contributed by atoms with Crippen LogP contribution in [0.4, 0.5) is 0 Å². The van der Waals surface area contributed by atoms with Crippen LogP contribution in [0.3, 0.4) is 0 Å². The normalized spacial score (nSPS) is 21.1. The van der Waals surface area contributed by atoms with Gasteiger partial charge in [-0.1, -0.05) is 0 Å². The number of aromatic nitrogens is 4. The Morgan fingerprint density at radius 2 is 2.29 bits per heavy atom. The Bertz CT molecular complexity index is 660. The van der Waals surface area contributed by atoms with Crippen molar-refractivity contribution in [1.29, 1.82) is 0 Å². The third kappa shape index (κ3) is 2.56. The number of nitrogens with zero attached hydrogens (tertiary/aromatic N) is 2. The van der Waals surface area contributed by atoms with E-state index in [0.717, 1.165) is 22.5 Å². The third-order valence-corrected chi connectivity index (χ3v) is 3.82. The van der Waals surface area contributed by atoms with Crippen LogP contribution in [0, 0.1) is 6.92 Å². The third-order valence-electron chi connectivity index (χ3n) is 3.82. The molecule has 112 valence electrons. The number of aromatic amines is 2. The molecule has 0 saturated heterocycles. The van der Waals surface area contributed by atoms with Crippen molar-refractivity contribution in [3.8, 4) is 0 Å². The Hall–Kier alpha value is -2.15. The lowest BCUT2D eigenvalue weighted by atomic mass is 9.99. The lowest BCUT2D eigenvalue weighted by Crippen LogP contribution is -2.27. The number of H-pyrrole nitrogens is 2. The van der Waals surface area contributed by atoms with Crippen molar-refractivity contribution >= 4 is 5.91 Å². The molecular weight excluding hydrogens is 270 g/mol. The summed E-state index contributed by atoms with van der Waals surface area (Å²) in [6.07, 6.45) is 2.44. The van der Waals surface area contributed by atoms with Gasteiger partial charge in [0.15, 0.2) is 5.69 Å². The molecule has 2 aromatic rings. The molecule has 0 aromatic carbocycles. The zero-order valence-electron chi connectivity index (χ0n) is 12.4. The molecule has 1 aliphatic rings. The van der Waals surface area contributed by atoms with Crippen LogP contribution in [0.25, 0.3) is 0 Å². The number of aryl methyl sites for hydroxylation is 1. The Kier molecular flexibility index (Phi) is 3.50. The monoisotopic (exact) mass is 289 g/mol. The van der Waals surface area contributed by atoms with Crippen molar-refractivity contribution in [2.24, 2.45) is 0 Å². The van der Waals surface area contributed by atoms with Crippen LogP contribution in [0.2, 0.25) is 0 Å². The van der Waals surface area contributed by atoms with Gasteiger partial charge in [-0.05, 0) is 20.8 Å². The predicted octanol–water partition coefficient (Wildman–Crippen LogP) is 1.39. The van der Waals surface area contributed by atoms with E-state index in [1.807, 2.05) is 20.8 Å². The van der Waals surface area contributed by atoms with Crippen LogP contribution < -0.4 is 5.32 Å². The number of nitrogens with one attached hydrogen (secondary N) is 3. The van der Waals surface area contributed by atoms with Crippen molar-refractivity contribution in [2.75, 3.05) is 0 Å². The highest BCUT2D eigenvalue weighted by atomic mass is 16.5. The number of carbonyl (C=O) groups excluding carboxylic acids is 1. The lowest BCUT2D eigenvalue weighted by Gasteiger charge is -2.25. The molecule has 0 aliphatic carbocycles. The Morgan fingerprint density at radius 1 is 1.48 bits per heavy atom. The first-order valence-corrected chi connectivity index (χ1v) is 7.06. The van der Waals surface area contributed by atoms with Gasteiger partial charge in [-0.25, -0.2) is 0 Å². The van der Waals surface area contributed by atoms with Gasteiger partial charge in [-0.15, -0.1) is 0 Å². The summed E-state index contributed by atoms with van der Waals surface area (Å²) in [6.45, 7) is 6.32. The first-order chi connectivity index (χ1) is 10.1. The van der Waals surface area contributed by atoms with Gasteiger partial charge in [0.25, 0.3) is 5.91 Å². The van der Waals surface area contributed by atoms with E-state index in [4.69, 9.17) is 4.74 Å². The van der Waals surface area contributed by atoms with Crippen LogP contribution >= 0.6 is 0 Å². The fraction of sp³-hybridized carbons (Fsp3) is 0.500. The second-order valence-electron chi connectivity index (χ2n) is 5.46. The number of carbonyl (C=O) groups is 1. The van der Waals surface area contributed by atoms with E-state index in [-0.39, 0.29) is 18.1 Å². The minimum absolute atomic E-state index is 0.0612. The standard InChI is InChI=1S/C14H19N5O2/c1-7-4-11-12(9(3)21-7)18-19-13(11)14(20)15-5-10-6-16-17-8(10)2/h6-7,9H,4-5H2,1-3H3,(H,15,20)(H,16,17)(H,18,19)/t7-,9+/m1/s1. The predicted molar refractivity (Wildman–Crippen MR) is 75.7 cm³/mol. The molecule has 3 N–H and O–H groups in total. The van der Waals surface area contributed by atoms with Crippen molar-refractivity contribution in [2.45, 2.75) is 45.9 Å². The van der Waals surface area contributed by atoms with Crippen LogP contribution in [-0.2, 0) is 17.7 Å². The van der Waals surface area contributed by atoms with Crippen molar-refractivity contribution in [3.63, 3.8) is 0 Å². The van der Waals surface area contributed by atoms with Crippen molar-refractivity contribution in [1.82, 2.24) is 25.7 Å². The van der Waals surface area contributed by atoms with Crippen LogP contribution in [0.1, 0.15) is 53.0 Å². The van der Waals surface area contributed by atoms with Crippen LogP contribution in [0.15, 0.2) is 6.20 Å². The molecule has 2 atom stereocenters. The Morgan fingerprint density at radius 3 is 3.00 bits per heavy atom. The summed E-state index contributed by atoms with van der Waals surface area (Å²) in [7, 11) is 0. The topological polar surface area (TPSA) is 95.7 Å². The summed E-state index contributed by atoms with van der Waals surface area (Å²) >= 11 is 0. The first-order valence-electron chi connectivity index (χ1n) is 7.06. The van der Waals surface area contributed by atoms with E-state index in [2.05, 4.69) is 25.7 Å². The summed E-state index contributed by atoms with van der Waals surface area (Å²) in [6, 6.07) is 0. The molecule has 3 heterocycles. The van der Waals surface area contributed by atoms with Crippen LogP contribution in [-0.4, -0.2) is 32.4 Å². The molecule has 0 saturated carbocycles. The molecule has 0 spiro atoms. The first kappa shape index (κ1) is 13.8. The molecule has 0 radical (unpaired) electrons. The maximum absolute atomic E-state index is 12.3. The molecule has 3 rings (SSSR count). The average molecular weight is 289 g/mol. The molecule has 7 heteroatoms. The van der Waals surface area contributed by atoms with Gasteiger partial charge >= 0.3 is 0 Å². The zero-order valence-corrected chi connectivity index (χ0v) is 12.4. The lowest BCUT2D eigenvalue weighted by molar-refractivity contribution is -0.00697. The second-order valence-corrected chi connectivity index (χ2v) is 5.46. The van der Waals surface area contributed by atoms with E-state index in [1.54, 1.807) is 6.20 Å². The summed E-state index contributed by atoms with van der Waals surface area (Å²) < 4.78 is 5.72. The van der Waals surface area contributed by atoms with E-state index in [0.29, 0.717) is 18.7 Å². The number of hydrogen-bond acceptors (Lipinski definition) is 4. The summed E-state index contributed by atoms with van der Waals surface area (Å²) in [5, 5.41) is 16.8. The quantitative estimate of drug-likeness (QED) is 0.795. The smallest absolute Gasteiger partial charge is 0.272 e. The fourth-order valence-electron chi connectivity index (χ4n) is 2.67. The second kappa shape index (κ2) is 5.33. The van der Waals surface area contributed by atoms with E-state index in [1.165, 1.54) is 0 Å². The van der Waals surface area contributed by atoms with Gasteiger partial charge in [0.2, 0.25) is 0 Å². The highest BCUT2D eigenvalue weighted by molar-refractivity contribution is 5.94. The number of rotatable bonds is 3. The highest BCUT2D eigenvalue weighted by Gasteiger charge is 2.29. The molecule has 1 aliphatic heterocycles. The highest BCUT2D eigenvalue weighted by Crippen LogP contribution is 2.30. The van der Waals surface area contributed by atoms with Gasteiger partial charge in [0, 0.05) is 29.8 Å².